The number of para-hydroxylation sites is 1. The molecule has 0 fully saturated rings. The fourth-order valence-electron chi connectivity index (χ4n) is 1.32. The lowest BCUT2D eigenvalue weighted by Crippen LogP contribution is -1.82. The first-order valence-corrected chi connectivity index (χ1v) is 5.80. The number of hydrogen-bond donors (Lipinski definition) is 1. The molecular formula is C9H10N2S2. The molecule has 0 aliphatic rings. The van der Waals surface area contributed by atoms with Crippen LogP contribution >= 0.6 is 23.3 Å². The van der Waals surface area contributed by atoms with Crippen molar-refractivity contribution in [3.8, 4) is 0 Å². The van der Waals surface area contributed by atoms with E-state index in [1.54, 1.807) is 11.3 Å². The molecule has 0 radical (unpaired) electrons. The molecule has 0 spiro atoms. The van der Waals surface area contributed by atoms with Crippen molar-refractivity contribution in [2.24, 2.45) is 5.14 Å². The summed E-state index contributed by atoms with van der Waals surface area (Å²) in [6.45, 7) is 2.14. The van der Waals surface area contributed by atoms with Crippen molar-refractivity contribution in [2.45, 2.75) is 17.7 Å². The van der Waals surface area contributed by atoms with Crippen LogP contribution < -0.4 is 5.14 Å². The molecule has 4 heteroatoms. The van der Waals surface area contributed by atoms with E-state index < -0.39 is 0 Å². The summed E-state index contributed by atoms with van der Waals surface area (Å²) in [6.07, 6.45) is 1.02. The third kappa shape index (κ3) is 1.57. The van der Waals surface area contributed by atoms with Gasteiger partial charge < -0.3 is 0 Å². The van der Waals surface area contributed by atoms with Crippen LogP contribution in [-0.2, 0) is 6.42 Å². The number of aryl methyl sites for hydroxylation is 1. The summed E-state index contributed by atoms with van der Waals surface area (Å²) in [5, 5.41) is 5.47. The zero-order valence-electron chi connectivity index (χ0n) is 7.28. The molecule has 1 aromatic carbocycles. The minimum absolute atomic E-state index is 0.941. The Morgan fingerprint density at radius 1 is 1.54 bits per heavy atom. The Bertz CT molecular complexity index is 422. The zero-order chi connectivity index (χ0) is 9.26. The van der Waals surface area contributed by atoms with Crippen molar-refractivity contribution in [2.75, 3.05) is 0 Å². The molecule has 2 nitrogen and oxygen atoms in total. The van der Waals surface area contributed by atoms with Crippen molar-refractivity contribution in [1.82, 2.24) is 4.98 Å². The van der Waals surface area contributed by atoms with Gasteiger partial charge >= 0.3 is 0 Å². The minimum Gasteiger partial charge on any atom is -0.272 e. The second-order valence-corrected chi connectivity index (χ2v) is 4.63. The van der Waals surface area contributed by atoms with Crippen LogP contribution in [0.15, 0.2) is 22.5 Å². The van der Waals surface area contributed by atoms with E-state index >= 15 is 0 Å². The number of benzene rings is 1. The Morgan fingerprint density at radius 3 is 3.08 bits per heavy atom. The SMILES string of the molecule is CCc1cccc2sc(SN)nc12. The molecule has 0 unspecified atom stereocenters. The first kappa shape index (κ1) is 8.99. The standard InChI is InChI=1S/C9H10N2S2/c1-2-6-4-3-5-7-8(6)11-9(12-7)13-10/h3-5H,2,10H2,1H3. The lowest BCUT2D eigenvalue weighted by molar-refractivity contribution is 1.14. The summed E-state index contributed by atoms with van der Waals surface area (Å²) in [4.78, 5) is 4.46. The average Bonchev–Trinajstić information content (AvgIpc) is 2.59. The highest BCUT2D eigenvalue weighted by atomic mass is 32.2. The van der Waals surface area contributed by atoms with E-state index in [2.05, 4.69) is 30.1 Å². The van der Waals surface area contributed by atoms with Gasteiger partial charge in [-0.15, -0.1) is 11.3 Å². The maximum Gasteiger partial charge on any atom is 0.165 e. The maximum atomic E-state index is 5.47. The lowest BCUT2D eigenvalue weighted by atomic mass is 10.1. The molecule has 0 aliphatic carbocycles. The van der Waals surface area contributed by atoms with Gasteiger partial charge in [-0.2, -0.15) is 0 Å². The molecule has 2 aromatic rings. The molecule has 0 saturated carbocycles. The maximum absolute atomic E-state index is 5.47. The van der Waals surface area contributed by atoms with Gasteiger partial charge in [-0.05, 0) is 30.0 Å². The molecule has 68 valence electrons. The largest absolute Gasteiger partial charge is 0.272 e. The molecule has 2 N–H and O–H groups in total. The summed E-state index contributed by atoms with van der Waals surface area (Å²) in [5.74, 6) is 0. The Labute approximate surface area is 85.3 Å². The van der Waals surface area contributed by atoms with E-state index in [0.29, 0.717) is 0 Å². The fraction of sp³-hybridized carbons (Fsp3) is 0.222. The van der Waals surface area contributed by atoms with Crippen LogP contribution in [0.5, 0.6) is 0 Å². The van der Waals surface area contributed by atoms with Gasteiger partial charge in [0.05, 0.1) is 10.2 Å². The van der Waals surface area contributed by atoms with Crippen LogP contribution in [0.4, 0.5) is 0 Å². The normalized spacial score (nSPS) is 10.9. The predicted molar refractivity (Wildman–Crippen MR) is 59.0 cm³/mol. The van der Waals surface area contributed by atoms with Gasteiger partial charge in [0.15, 0.2) is 4.34 Å². The summed E-state index contributed by atoms with van der Waals surface area (Å²) in [5.41, 5.74) is 2.41. The first-order valence-electron chi connectivity index (χ1n) is 4.10. The van der Waals surface area contributed by atoms with Crippen LogP contribution in [0.25, 0.3) is 10.2 Å². The smallest absolute Gasteiger partial charge is 0.165 e. The van der Waals surface area contributed by atoms with E-state index in [1.807, 2.05) is 0 Å². The predicted octanol–water partition coefficient (Wildman–Crippen LogP) is 2.82. The van der Waals surface area contributed by atoms with Gasteiger partial charge in [-0.1, -0.05) is 19.1 Å². The Hall–Kier alpha value is -0.580. The molecule has 0 saturated heterocycles. The molecule has 0 amide bonds. The highest BCUT2D eigenvalue weighted by Gasteiger charge is 2.05. The van der Waals surface area contributed by atoms with E-state index in [9.17, 15) is 0 Å². The number of rotatable bonds is 2. The third-order valence-corrected chi connectivity index (χ3v) is 3.61. The van der Waals surface area contributed by atoms with E-state index in [-0.39, 0.29) is 0 Å². The molecule has 0 bridgehead atoms. The monoisotopic (exact) mass is 210 g/mol. The van der Waals surface area contributed by atoms with Gasteiger partial charge in [0.2, 0.25) is 0 Å². The summed E-state index contributed by atoms with van der Waals surface area (Å²) in [6, 6.07) is 6.28. The molecular weight excluding hydrogens is 200 g/mol. The molecule has 1 aromatic heterocycles. The van der Waals surface area contributed by atoms with Crippen LogP contribution in [0.1, 0.15) is 12.5 Å². The van der Waals surface area contributed by atoms with Gasteiger partial charge in [0, 0.05) is 0 Å². The van der Waals surface area contributed by atoms with Crippen LogP contribution in [0.3, 0.4) is 0 Å². The highest BCUT2D eigenvalue weighted by molar-refractivity contribution is 7.99. The second-order valence-electron chi connectivity index (χ2n) is 2.72. The number of aromatic nitrogens is 1. The van der Waals surface area contributed by atoms with Gasteiger partial charge in [0.25, 0.3) is 0 Å². The Kier molecular flexibility index (Phi) is 2.53. The minimum atomic E-state index is 0.941. The molecule has 2 rings (SSSR count). The van der Waals surface area contributed by atoms with Crippen LogP contribution in [0, 0.1) is 0 Å². The zero-order valence-corrected chi connectivity index (χ0v) is 8.91. The van der Waals surface area contributed by atoms with Gasteiger partial charge in [0.1, 0.15) is 0 Å². The molecule has 13 heavy (non-hydrogen) atoms. The van der Waals surface area contributed by atoms with E-state index in [0.717, 1.165) is 16.3 Å². The number of thiazole rings is 1. The van der Waals surface area contributed by atoms with Crippen molar-refractivity contribution in [1.29, 1.82) is 0 Å². The average molecular weight is 210 g/mol. The summed E-state index contributed by atoms with van der Waals surface area (Å²) >= 11 is 2.87. The molecule has 1 heterocycles. The number of hydrogen-bond acceptors (Lipinski definition) is 4. The Morgan fingerprint density at radius 2 is 2.38 bits per heavy atom. The lowest BCUT2D eigenvalue weighted by Gasteiger charge is -1.95. The molecule has 0 aliphatic heterocycles. The van der Waals surface area contributed by atoms with Crippen LogP contribution in [-0.4, -0.2) is 4.98 Å². The van der Waals surface area contributed by atoms with E-state index in [1.165, 1.54) is 22.2 Å². The van der Waals surface area contributed by atoms with Crippen molar-refractivity contribution >= 4 is 33.5 Å². The Balaban J connectivity index is 2.67. The third-order valence-electron chi connectivity index (χ3n) is 1.96. The number of fused-ring (bicyclic) bond motifs is 1. The number of nitrogens with two attached hydrogens (primary N) is 1. The van der Waals surface area contributed by atoms with Crippen molar-refractivity contribution in [3.05, 3.63) is 23.8 Å². The fourth-order valence-corrected chi connectivity index (χ4v) is 2.67. The summed E-state index contributed by atoms with van der Waals surface area (Å²) < 4.78 is 2.17. The first-order chi connectivity index (χ1) is 6.35. The van der Waals surface area contributed by atoms with Gasteiger partial charge in [-0.25, -0.2) is 4.98 Å². The highest BCUT2D eigenvalue weighted by Crippen LogP contribution is 2.28. The summed E-state index contributed by atoms with van der Waals surface area (Å²) in [7, 11) is 0. The molecule has 0 atom stereocenters. The van der Waals surface area contributed by atoms with Crippen molar-refractivity contribution in [3.63, 3.8) is 0 Å². The number of nitrogens with zero attached hydrogens (tertiary/aromatic N) is 1. The van der Waals surface area contributed by atoms with Crippen molar-refractivity contribution < 1.29 is 0 Å². The second kappa shape index (κ2) is 3.65. The van der Waals surface area contributed by atoms with Crippen LogP contribution in [0.2, 0.25) is 0 Å². The van der Waals surface area contributed by atoms with Gasteiger partial charge in [-0.3, -0.25) is 5.14 Å². The topological polar surface area (TPSA) is 38.9 Å². The quantitative estimate of drug-likeness (QED) is 0.775. The van der Waals surface area contributed by atoms with E-state index in [4.69, 9.17) is 5.14 Å².